The summed E-state index contributed by atoms with van der Waals surface area (Å²) in [5, 5.41) is 4.18. The van der Waals surface area contributed by atoms with E-state index in [0.717, 1.165) is 37.8 Å². The van der Waals surface area contributed by atoms with Crippen LogP contribution >= 0.6 is 12.4 Å². The lowest BCUT2D eigenvalue weighted by molar-refractivity contribution is -0.122. The highest BCUT2D eigenvalue weighted by Crippen LogP contribution is 2.22. The van der Waals surface area contributed by atoms with Gasteiger partial charge in [-0.15, -0.1) is 12.4 Å². The lowest BCUT2D eigenvalue weighted by atomic mass is 10.0. The quantitative estimate of drug-likeness (QED) is 0.792. The Morgan fingerprint density at radius 1 is 1.44 bits per heavy atom. The van der Waals surface area contributed by atoms with Crippen LogP contribution in [0.1, 0.15) is 31.7 Å². The van der Waals surface area contributed by atoms with Crippen LogP contribution in [0, 0.1) is 0 Å². The summed E-state index contributed by atoms with van der Waals surface area (Å²) in [6.45, 7) is 3.84. The van der Waals surface area contributed by atoms with Crippen LogP contribution in [0.5, 0.6) is 0 Å². The normalized spacial score (nSPS) is 18.1. The van der Waals surface area contributed by atoms with Gasteiger partial charge in [-0.1, -0.05) is 25.1 Å². The number of benzene rings is 1. The van der Waals surface area contributed by atoms with Crippen LogP contribution in [0.3, 0.4) is 0 Å². The fourth-order valence-electron chi connectivity index (χ4n) is 3.29. The third-order valence-corrected chi connectivity index (χ3v) is 4.74. The molecule has 3 N–H and O–H groups in total. The Kier molecular flexibility index (Phi) is 7.29. The number of ether oxygens (including phenoxy) is 1. The second-order valence-corrected chi connectivity index (χ2v) is 6.61. The molecule has 0 saturated carbocycles. The van der Waals surface area contributed by atoms with E-state index >= 15 is 0 Å². The van der Waals surface area contributed by atoms with Crippen LogP contribution in [0.15, 0.2) is 30.5 Å². The molecular weight excluding hydrogens is 338 g/mol. The number of nitrogens with two attached hydrogens (primary N) is 1. The first-order chi connectivity index (χ1) is 11.7. The molecule has 2 heterocycles. The van der Waals surface area contributed by atoms with Gasteiger partial charge in [0.05, 0.1) is 6.10 Å². The van der Waals surface area contributed by atoms with Crippen molar-refractivity contribution in [2.75, 3.05) is 13.2 Å². The summed E-state index contributed by atoms with van der Waals surface area (Å²) < 4.78 is 7.57. The predicted molar refractivity (Wildman–Crippen MR) is 103 cm³/mol. The van der Waals surface area contributed by atoms with E-state index in [9.17, 15) is 4.79 Å². The van der Waals surface area contributed by atoms with Crippen LogP contribution in [-0.2, 0) is 22.5 Å². The molecule has 2 aromatic rings. The van der Waals surface area contributed by atoms with Crippen molar-refractivity contribution < 1.29 is 9.53 Å². The third kappa shape index (κ3) is 4.97. The third-order valence-electron chi connectivity index (χ3n) is 4.74. The smallest absolute Gasteiger partial charge is 0.240 e. The summed E-state index contributed by atoms with van der Waals surface area (Å²) in [5.41, 5.74) is 8.42. The highest BCUT2D eigenvalue weighted by Gasteiger charge is 2.17. The van der Waals surface area contributed by atoms with Gasteiger partial charge >= 0.3 is 0 Å². The van der Waals surface area contributed by atoms with Crippen LogP contribution in [-0.4, -0.2) is 35.8 Å². The van der Waals surface area contributed by atoms with E-state index in [1.54, 1.807) is 0 Å². The summed E-state index contributed by atoms with van der Waals surface area (Å²) in [4.78, 5) is 12.3. The number of amides is 1. The minimum absolute atomic E-state index is 0. The number of rotatable bonds is 7. The topological polar surface area (TPSA) is 69.3 Å². The first-order valence-electron chi connectivity index (χ1n) is 8.88. The molecule has 25 heavy (non-hydrogen) atoms. The van der Waals surface area contributed by atoms with E-state index in [1.807, 2.05) is 16.7 Å². The number of carbonyl (C=O) groups excluding carboxylic acids is 1. The van der Waals surface area contributed by atoms with Crippen molar-refractivity contribution in [1.82, 2.24) is 9.88 Å². The molecule has 6 heteroatoms. The molecule has 2 atom stereocenters. The van der Waals surface area contributed by atoms with Gasteiger partial charge in [-0.3, -0.25) is 4.79 Å². The first-order valence-corrected chi connectivity index (χ1v) is 8.88. The predicted octanol–water partition coefficient (Wildman–Crippen LogP) is 2.64. The zero-order valence-electron chi connectivity index (χ0n) is 14.7. The Balaban J connectivity index is 0.00000225. The van der Waals surface area contributed by atoms with Crippen molar-refractivity contribution in [2.45, 2.75) is 51.3 Å². The largest absolute Gasteiger partial charge is 0.376 e. The van der Waals surface area contributed by atoms with Crippen molar-refractivity contribution in [1.29, 1.82) is 0 Å². The van der Waals surface area contributed by atoms with Gasteiger partial charge in [0.1, 0.15) is 6.54 Å². The van der Waals surface area contributed by atoms with Crippen LogP contribution in [0.4, 0.5) is 0 Å². The molecule has 1 amide bonds. The van der Waals surface area contributed by atoms with Crippen LogP contribution < -0.4 is 11.1 Å². The molecular formula is C19H28ClN3O2. The highest BCUT2D eigenvalue weighted by atomic mass is 35.5. The number of aromatic nitrogens is 1. The first kappa shape index (κ1) is 19.8. The Bertz CT molecular complexity index is 695. The molecule has 1 aliphatic heterocycles. The van der Waals surface area contributed by atoms with Gasteiger partial charge in [0.15, 0.2) is 0 Å². The summed E-state index contributed by atoms with van der Waals surface area (Å²) in [6.07, 6.45) is 6.15. The molecule has 3 rings (SSSR count). The number of nitrogens with zero attached hydrogens (tertiary/aromatic N) is 1. The maximum Gasteiger partial charge on any atom is 0.240 e. The van der Waals surface area contributed by atoms with Crippen molar-refractivity contribution in [2.24, 2.45) is 5.73 Å². The maximum atomic E-state index is 12.3. The van der Waals surface area contributed by atoms with Crippen molar-refractivity contribution in [3.8, 4) is 0 Å². The number of para-hydroxylation sites is 1. The van der Waals surface area contributed by atoms with Gasteiger partial charge in [0.2, 0.25) is 5.91 Å². The SMILES string of the molecule is CCC(N)Cc1cn(CC(=O)NCC2CCCO2)c2ccccc12.Cl. The molecule has 0 radical (unpaired) electrons. The number of halogens is 1. The van der Waals surface area contributed by atoms with E-state index in [0.29, 0.717) is 13.1 Å². The molecule has 1 saturated heterocycles. The van der Waals surface area contributed by atoms with Gasteiger partial charge in [0, 0.05) is 36.3 Å². The minimum Gasteiger partial charge on any atom is -0.376 e. The molecule has 1 aromatic carbocycles. The number of fused-ring (bicyclic) bond motifs is 1. The Hall–Kier alpha value is -1.56. The van der Waals surface area contributed by atoms with Gasteiger partial charge < -0.3 is 20.4 Å². The fraction of sp³-hybridized carbons (Fsp3) is 0.526. The maximum absolute atomic E-state index is 12.3. The second kappa shape index (κ2) is 9.22. The molecule has 2 unspecified atom stereocenters. The zero-order valence-corrected chi connectivity index (χ0v) is 15.6. The van der Waals surface area contributed by atoms with Crippen molar-refractivity contribution in [3.63, 3.8) is 0 Å². The Morgan fingerprint density at radius 2 is 2.24 bits per heavy atom. The molecule has 138 valence electrons. The fourth-order valence-corrected chi connectivity index (χ4v) is 3.29. The Morgan fingerprint density at radius 3 is 2.96 bits per heavy atom. The number of nitrogens with one attached hydrogen (secondary N) is 1. The van der Waals surface area contributed by atoms with Crippen LogP contribution in [0.25, 0.3) is 10.9 Å². The van der Waals surface area contributed by atoms with E-state index < -0.39 is 0 Å². The summed E-state index contributed by atoms with van der Waals surface area (Å²) in [6, 6.07) is 8.35. The standard InChI is InChI=1S/C19H27N3O2.ClH/c1-2-15(20)10-14-12-22(18-8-4-3-7-17(14)18)13-19(23)21-11-16-6-5-9-24-16;/h3-4,7-8,12,15-16H,2,5-6,9-11,13,20H2,1H3,(H,21,23);1H. The number of hydrogen-bond acceptors (Lipinski definition) is 3. The van der Waals surface area contributed by atoms with Gasteiger partial charge in [-0.05, 0) is 37.3 Å². The molecule has 5 nitrogen and oxygen atoms in total. The average molecular weight is 366 g/mol. The van der Waals surface area contributed by atoms with E-state index in [-0.39, 0.29) is 30.5 Å². The zero-order chi connectivity index (χ0) is 16.9. The average Bonchev–Trinajstić information content (AvgIpc) is 3.22. The lowest BCUT2D eigenvalue weighted by Crippen LogP contribution is -2.34. The second-order valence-electron chi connectivity index (χ2n) is 6.61. The lowest BCUT2D eigenvalue weighted by Gasteiger charge is -2.11. The number of hydrogen-bond donors (Lipinski definition) is 2. The van der Waals surface area contributed by atoms with E-state index in [1.165, 1.54) is 10.9 Å². The van der Waals surface area contributed by atoms with Gasteiger partial charge in [0.25, 0.3) is 0 Å². The van der Waals surface area contributed by atoms with Gasteiger partial charge in [-0.25, -0.2) is 0 Å². The minimum atomic E-state index is 0. The Labute approximate surface area is 155 Å². The van der Waals surface area contributed by atoms with E-state index in [4.69, 9.17) is 10.5 Å². The molecule has 1 aromatic heterocycles. The van der Waals surface area contributed by atoms with Crippen molar-refractivity contribution in [3.05, 3.63) is 36.0 Å². The van der Waals surface area contributed by atoms with Crippen molar-refractivity contribution >= 4 is 29.2 Å². The molecule has 0 aliphatic carbocycles. The molecule has 0 spiro atoms. The highest BCUT2D eigenvalue weighted by molar-refractivity contribution is 5.86. The summed E-state index contributed by atoms with van der Waals surface area (Å²) in [7, 11) is 0. The molecule has 1 aliphatic rings. The monoisotopic (exact) mass is 365 g/mol. The molecule has 0 bridgehead atoms. The summed E-state index contributed by atoms with van der Waals surface area (Å²) in [5.74, 6) is 0.0255. The molecule has 1 fully saturated rings. The summed E-state index contributed by atoms with van der Waals surface area (Å²) >= 11 is 0. The van der Waals surface area contributed by atoms with E-state index in [2.05, 4.69) is 30.6 Å². The van der Waals surface area contributed by atoms with Crippen LogP contribution in [0.2, 0.25) is 0 Å². The van der Waals surface area contributed by atoms with Gasteiger partial charge in [-0.2, -0.15) is 0 Å². The number of carbonyl (C=O) groups is 1.